The van der Waals surface area contributed by atoms with E-state index in [2.05, 4.69) is 4.90 Å². The van der Waals surface area contributed by atoms with E-state index < -0.39 is 10.1 Å². The lowest BCUT2D eigenvalue weighted by Crippen LogP contribution is -2.41. The van der Waals surface area contributed by atoms with Gasteiger partial charge in [0, 0.05) is 18.2 Å². The van der Waals surface area contributed by atoms with Crippen LogP contribution in [-0.2, 0) is 10.1 Å². The van der Waals surface area contributed by atoms with Crippen LogP contribution in [0.15, 0.2) is 53.4 Å². The molecule has 0 unspecified atom stereocenters. The summed E-state index contributed by atoms with van der Waals surface area (Å²) in [6, 6.07) is 14.0. The largest absolute Gasteiger partial charge is 0.300 e. The fourth-order valence-electron chi connectivity index (χ4n) is 4.64. The van der Waals surface area contributed by atoms with Crippen LogP contribution in [-0.4, -0.2) is 41.9 Å². The lowest BCUT2D eigenvalue weighted by Gasteiger charge is -2.39. The van der Waals surface area contributed by atoms with Crippen molar-refractivity contribution in [2.75, 3.05) is 13.1 Å². The van der Waals surface area contributed by atoms with E-state index in [1.165, 1.54) is 75.7 Å². The molecule has 1 heterocycles. The van der Waals surface area contributed by atoms with E-state index in [1.54, 1.807) is 24.3 Å². The fraction of sp³-hybridized carbons (Fsp3) is 0.500. The molecule has 7 nitrogen and oxygen atoms in total. The maximum Gasteiger partial charge on any atom is 0.294 e. The SMILES string of the molecule is Cc1ccc(S(=O)(=O)O)cc1.O=[N+]([O-])c1ccc(C2CCC(N3CCCCC3)CC2)cc1. The molecule has 4 rings (SSSR count). The molecule has 0 amide bonds. The highest BCUT2D eigenvalue weighted by atomic mass is 32.2. The maximum absolute atomic E-state index is 10.7. The Morgan fingerprint density at radius 3 is 1.97 bits per heavy atom. The Bertz CT molecular complexity index is 976. The van der Waals surface area contributed by atoms with Crippen molar-refractivity contribution in [1.82, 2.24) is 4.90 Å². The van der Waals surface area contributed by atoms with Crippen molar-refractivity contribution in [3.63, 3.8) is 0 Å². The fourth-order valence-corrected chi connectivity index (χ4v) is 5.12. The quantitative estimate of drug-likeness (QED) is 0.375. The topological polar surface area (TPSA) is 101 Å². The Hall–Kier alpha value is -2.29. The third-order valence-electron chi connectivity index (χ3n) is 6.50. The van der Waals surface area contributed by atoms with E-state index in [9.17, 15) is 18.5 Å². The lowest BCUT2D eigenvalue weighted by molar-refractivity contribution is -0.384. The van der Waals surface area contributed by atoms with Crippen molar-refractivity contribution < 1.29 is 17.9 Å². The second kappa shape index (κ2) is 11.0. The minimum atomic E-state index is -4.02. The Kier molecular flexibility index (Phi) is 8.39. The highest BCUT2D eigenvalue weighted by Gasteiger charge is 2.27. The molecule has 8 heteroatoms. The third kappa shape index (κ3) is 6.85. The van der Waals surface area contributed by atoms with Crippen molar-refractivity contribution in [1.29, 1.82) is 0 Å². The number of non-ortho nitro benzene ring substituents is 1. The first kappa shape index (κ1) is 24.4. The van der Waals surface area contributed by atoms with Gasteiger partial charge in [-0.3, -0.25) is 14.7 Å². The van der Waals surface area contributed by atoms with Gasteiger partial charge in [-0.15, -0.1) is 0 Å². The first-order valence-corrected chi connectivity index (χ1v) is 12.7. The van der Waals surface area contributed by atoms with Gasteiger partial charge < -0.3 is 4.90 Å². The van der Waals surface area contributed by atoms with Crippen molar-refractivity contribution in [2.24, 2.45) is 0 Å². The average Bonchev–Trinajstić information content (AvgIpc) is 2.80. The molecule has 1 saturated heterocycles. The average molecular weight is 461 g/mol. The number of nitro benzene ring substituents is 1. The molecule has 1 aliphatic heterocycles. The zero-order valence-corrected chi connectivity index (χ0v) is 19.3. The second-order valence-corrected chi connectivity index (χ2v) is 10.2. The highest BCUT2D eigenvalue weighted by molar-refractivity contribution is 7.85. The summed E-state index contributed by atoms with van der Waals surface area (Å²) in [6.07, 6.45) is 9.13. The summed E-state index contributed by atoms with van der Waals surface area (Å²) >= 11 is 0. The van der Waals surface area contributed by atoms with Crippen LogP contribution in [0.25, 0.3) is 0 Å². The van der Waals surface area contributed by atoms with Gasteiger partial charge in [-0.05, 0) is 82.2 Å². The molecule has 1 N–H and O–H groups in total. The molecule has 0 radical (unpaired) electrons. The molecular formula is C24H32N2O5S. The highest BCUT2D eigenvalue weighted by Crippen LogP contribution is 2.36. The molecule has 2 aromatic carbocycles. The maximum atomic E-state index is 10.7. The Morgan fingerprint density at radius 2 is 1.47 bits per heavy atom. The van der Waals surface area contributed by atoms with Gasteiger partial charge in [0.15, 0.2) is 0 Å². The van der Waals surface area contributed by atoms with Crippen molar-refractivity contribution in [3.05, 3.63) is 69.8 Å². The summed E-state index contributed by atoms with van der Waals surface area (Å²) in [5.41, 5.74) is 2.43. The molecule has 0 bridgehead atoms. The summed E-state index contributed by atoms with van der Waals surface area (Å²) in [5, 5.41) is 10.7. The van der Waals surface area contributed by atoms with Gasteiger partial charge >= 0.3 is 0 Å². The molecular weight excluding hydrogens is 428 g/mol. The summed E-state index contributed by atoms with van der Waals surface area (Å²) in [5.74, 6) is 0.590. The zero-order chi connectivity index (χ0) is 23.1. The number of aryl methyl sites for hydroxylation is 1. The molecule has 0 spiro atoms. The molecule has 0 atom stereocenters. The number of hydrogen-bond donors (Lipinski definition) is 1. The standard InChI is InChI=1S/C17H24N2O2.C7H8O3S/c20-19(21)17-10-6-15(7-11-17)14-4-8-16(9-5-14)18-12-2-1-3-13-18;1-6-2-4-7(5-3-6)11(8,9)10/h6-7,10-11,14,16H,1-5,8-9,12-13H2;2-5H,1H3,(H,8,9,10). The predicted molar refractivity (Wildman–Crippen MR) is 125 cm³/mol. The number of likely N-dealkylation sites (tertiary alicyclic amines) is 1. The summed E-state index contributed by atoms with van der Waals surface area (Å²) in [6.45, 7) is 4.41. The van der Waals surface area contributed by atoms with Gasteiger partial charge in [0.1, 0.15) is 0 Å². The number of rotatable bonds is 4. The number of piperidine rings is 1. The van der Waals surface area contributed by atoms with Crippen molar-refractivity contribution in [2.45, 2.75) is 68.7 Å². The minimum absolute atomic E-state index is 0.0666. The van der Waals surface area contributed by atoms with Crippen molar-refractivity contribution >= 4 is 15.8 Å². The number of nitrogens with zero attached hydrogens (tertiary/aromatic N) is 2. The molecule has 174 valence electrons. The minimum Gasteiger partial charge on any atom is -0.300 e. The zero-order valence-electron chi connectivity index (χ0n) is 18.5. The number of benzene rings is 2. The normalized spacial score (nSPS) is 21.9. The first-order valence-electron chi connectivity index (χ1n) is 11.3. The van der Waals surface area contributed by atoms with Crippen molar-refractivity contribution in [3.8, 4) is 0 Å². The first-order chi connectivity index (χ1) is 15.2. The second-order valence-electron chi connectivity index (χ2n) is 8.74. The van der Waals surface area contributed by atoms with E-state index in [0.29, 0.717) is 5.92 Å². The monoisotopic (exact) mass is 460 g/mol. The van der Waals surface area contributed by atoms with Crippen LogP contribution in [0.2, 0.25) is 0 Å². The smallest absolute Gasteiger partial charge is 0.294 e. The van der Waals surface area contributed by atoms with Crippen LogP contribution in [0.3, 0.4) is 0 Å². The van der Waals surface area contributed by atoms with Crippen LogP contribution >= 0.6 is 0 Å². The van der Waals surface area contributed by atoms with E-state index in [1.807, 2.05) is 19.1 Å². The summed E-state index contributed by atoms with van der Waals surface area (Å²) in [7, 11) is -4.02. The molecule has 2 fully saturated rings. The third-order valence-corrected chi connectivity index (χ3v) is 7.37. The number of hydrogen-bond acceptors (Lipinski definition) is 5. The molecule has 32 heavy (non-hydrogen) atoms. The van der Waals surface area contributed by atoms with E-state index in [4.69, 9.17) is 4.55 Å². The van der Waals surface area contributed by atoms with Crippen LogP contribution in [0.1, 0.15) is 62.0 Å². The van der Waals surface area contributed by atoms with Crippen LogP contribution in [0, 0.1) is 17.0 Å². The summed E-state index contributed by atoms with van der Waals surface area (Å²) < 4.78 is 29.6. The lowest BCUT2D eigenvalue weighted by atomic mass is 9.81. The molecule has 1 saturated carbocycles. The van der Waals surface area contributed by atoms with E-state index in [0.717, 1.165) is 11.6 Å². The predicted octanol–water partition coefficient (Wildman–Crippen LogP) is 5.35. The van der Waals surface area contributed by atoms with Gasteiger partial charge in [-0.2, -0.15) is 8.42 Å². The Morgan fingerprint density at radius 1 is 0.906 bits per heavy atom. The summed E-state index contributed by atoms with van der Waals surface area (Å²) in [4.78, 5) is 13.0. The van der Waals surface area contributed by atoms with Gasteiger partial charge in [0.2, 0.25) is 0 Å². The van der Waals surface area contributed by atoms with Gasteiger partial charge in [-0.1, -0.05) is 36.2 Å². The van der Waals surface area contributed by atoms with Gasteiger partial charge in [0.05, 0.1) is 9.82 Å². The van der Waals surface area contributed by atoms with Crippen LogP contribution in [0.5, 0.6) is 0 Å². The molecule has 0 aromatic heterocycles. The van der Waals surface area contributed by atoms with E-state index >= 15 is 0 Å². The Balaban J connectivity index is 0.000000222. The Labute approximate surface area is 190 Å². The molecule has 2 aliphatic rings. The molecule has 1 aliphatic carbocycles. The van der Waals surface area contributed by atoms with Crippen LogP contribution in [0.4, 0.5) is 5.69 Å². The van der Waals surface area contributed by atoms with Gasteiger partial charge in [-0.25, -0.2) is 0 Å². The van der Waals surface area contributed by atoms with E-state index in [-0.39, 0.29) is 15.5 Å². The number of nitro groups is 1. The molecule has 2 aromatic rings. The van der Waals surface area contributed by atoms with Crippen LogP contribution < -0.4 is 0 Å². The van der Waals surface area contributed by atoms with Gasteiger partial charge in [0.25, 0.3) is 15.8 Å².